The number of carbonyl (C=O) groups is 4. The van der Waals surface area contributed by atoms with Gasteiger partial charge in [0.25, 0.3) is 5.91 Å². The second kappa shape index (κ2) is 13.5. The Morgan fingerprint density at radius 3 is 2.10 bits per heavy atom. The number of primary amides is 1. The zero-order valence-corrected chi connectivity index (χ0v) is 25.3. The summed E-state index contributed by atoms with van der Waals surface area (Å²) >= 11 is 0. The minimum Gasteiger partial charge on any atom is -0.444 e. The van der Waals surface area contributed by atoms with Gasteiger partial charge in [-0.25, -0.2) is 4.79 Å². The molecule has 0 saturated heterocycles. The molecule has 42 heavy (non-hydrogen) atoms. The summed E-state index contributed by atoms with van der Waals surface area (Å²) in [6, 6.07) is 20.2. The second-order valence-electron chi connectivity index (χ2n) is 11.9. The quantitative estimate of drug-likeness (QED) is 0.271. The lowest BCUT2D eigenvalue weighted by molar-refractivity contribution is -0.148. The van der Waals surface area contributed by atoms with Crippen LogP contribution in [0, 0.1) is 0 Å². The number of benzene rings is 3. The van der Waals surface area contributed by atoms with E-state index in [0.717, 1.165) is 10.8 Å². The van der Waals surface area contributed by atoms with Crippen molar-refractivity contribution in [1.29, 1.82) is 0 Å². The average Bonchev–Trinajstić information content (AvgIpc) is 2.92. The van der Waals surface area contributed by atoms with Crippen molar-refractivity contribution in [1.82, 2.24) is 10.2 Å². The summed E-state index contributed by atoms with van der Waals surface area (Å²) in [5, 5.41) is 7.63. The van der Waals surface area contributed by atoms with E-state index in [2.05, 4.69) is 10.6 Å². The summed E-state index contributed by atoms with van der Waals surface area (Å²) in [6.45, 7) is 10.8. The maximum absolute atomic E-state index is 14.4. The zero-order chi connectivity index (χ0) is 31.1. The monoisotopic (exact) mass is 574 g/mol. The Morgan fingerprint density at radius 1 is 0.881 bits per heavy atom. The molecule has 2 atom stereocenters. The Balaban J connectivity index is 2.07. The molecular formula is C33H42N4O5. The molecule has 0 aliphatic carbocycles. The van der Waals surface area contributed by atoms with Crippen LogP contribution in [0.2, 0.25) is 0 Å². The van der Waals surface area contributed by atoms with E-state index in [1.165, 1.54) is 4.90 Å². The van der Waals surface area contributed by atoms with Gasteiger partial charge in [-0.3, -0.25) is 14.4 Å². The summed E-state index contributed by atoms with van der Waals surface area (Å²) in [5.41, 5.74) is 4.95. The Kier molecular flexibility index (Phi) is 10.3. The van der Waals surface area contributed by atoms with Gasteiger partial charge in [0.2, 0.25) is 11.8 Å². The largest absolute Gasteiger partial charge is 0.444 e. The number of fused-ring (bicyclic) bond motifs is 1. The Morgan fingerprint density at radius 2 is 1.50 bits per heavy atom. The first-order valence-electron chi connectivity index (χ1n) is 14.2. The van der Waals surface area contributed by atoms with Crippen molar-refractivity contribution in [3.05, 3.63) is 78.4 Å². The fourth-order valence-electron chi connectivity index (χ4n) is 4.64. The number of anilines is 1. The van der Waals surface area contributed by atoms with Crippen molar-refractivity contribution in [3.63, 3.8) is 0 Å². The smallest absolute Gasteiger partial charge is 0.408 e. The Labute approximate surface area is 247 Å². The van der Waals surface area contributed by atoms with Gasteiger partial charge < -0.3 is 26.0 Å². The summed E-state index contributed by atoms with van der Waals surface area (Å²) in [7, 11) is 0. The third kappa shape index (κ3) is 8.55. The van der Waals surface area contributed by atoms with Crippen molar-refractivity contribution in [2.75, 3.05) is 5.32 Å². The van der Waals surface area contributed by atoms with Crippen molar-refractivity contribution < 1.29 is 23.9 Å². The highest BCUT2D eigenvalue weighted by molar-refractivity contribution is 6.00. The molecule has 9 nitrogen and oxygen atoms in total. The van der Waals surface area contributed by atoms with Gasteiger partial charge in [-0.15, -0.1) is 0 Å². The van der Waals surface area contributed by atoms with Crippen LogP contribution in [0.1, 0.15) is 72.4 Å². The molecule has 224 valence electrons. The number of carbonyl (C=O) groups excluding carboxylic acids is 4. The lowest BCUT2D eigenvalue weighted by Crippen LogP contribution is -2.59. The Hall–Kier alpha value is -4.40. The molecular weight excluding hydrogens is 532 g/mol. The molecule has 0 bridgehead atoms. The molecule has 0 radical (unpaired) electrons. The molecule has 3 aromatic rings. The van der Waals surface area contributed by atoms with E-state index in [1.54, 1.807) is 45.0 Å². The lowest BCUT2D eigenvalue weighted by Gasteiger charge is -2.44. The van der Waals surface area contributed by atoms with Crippen LogP contribution < -0.4 is 16.4 Å². The molecule has 0 aliphatic rings. The molecule has 3 rings (SSSR count). The highest BCUT2D eigenvalue weighted by Gasteiger charge is 2.43. The predicted molar refractivity (Wildman–Crippen MR) is 165 cm³/mol. The molecule has 3 aromatic carbocycles. The maximum Gasteiger partial charge on any atom is 0.408 e. The van der Waals surface area contributed by atoms with E-state index < -0.39 is 47.0 Å². The van der Waals surface area contributed by atoms with Crippen LogP contribution in [0.4, 0.5) is 10.5 Å². The van der Waals surface area contributed by atoms with Crippen LogP contribution in [0.25, 0.3) is 10.8 Å². The molecule has 0 aromatic heterocycles. The number of nitrogens with zero attached hydrogens (tertiary/aromatic N) is 1. The highest BCUT2D eigenvalue weighted by atomic mass is 16.6. The molecule has 0 aliphatic heterocycles. The number of amides is 4. The molecule has 0 saturated carbocycles. The topological polar surface area (TPSA) is 131 Å². The van der Waals surface area contributed by atoms with Gasteiger partial charge in [-0.2, -0.15) is 0 Å². The van der Waals surface area contributed by atoms with E-state index in [-0.39, 0.29) is 12.8 Å². The van der Waals surface area contributed by atoms with Crippen LogP contribution in [0.15, 0.2) is 72.8 Å². The van der Waals surface area contributed by atoms with E-state index in [9.17, 15) is 19.2 Å². The van der Waals surface area contributed by atoms with Crippen molar-refractivity contribution in [2.24, 2.45) is 5.73 Å². The van der Waals surface area contributed by atoms with Crippen LogP contribution in [-0.2, 0) is 19.1 Å². The molecule has 4 N–H and O–H groups in total. The molecule has 4 amide bonds. The minimum absolute atomic E-state index is 0.0580. The summed E-state index contributed by atoms with van der Waals surface area (Å²) in [5.74, 6) is -1.57. The zero-order valence-electron chi connectivity index (χ0n) is 25.3. The summed E-state index contributed by atoms with van der Waals surface area (Å²) in [4.78, 5) is 54.6. The van der Waals surface area contributed by atoms with Gasteiger partial charge in [0.05, 0.1) is 0 Å². The normalized spacial score (nSPS) is 13.1. The van der Waals surface area contributed by atoms with Gasteiger partial charge in [0.1, 0.15) is 17.7 Å². The number of alkyl carbamates (subject to hydrolysis) is 1. The third-order valence-corrected chi connectivity index (χ3v) is 7.06. The van der Waals surface area contributed by atoms with Crippen LogP contribution in [0.3, 0.4) is 0 Å². The van der Waals surface area contributed by atoms with Gasteiger partial charge in [-0.05, 0) is 75.9 Å². The first-order valence-corrected chi connectivity index (χ1v) is 14.2. The first-order chi connectivity index (χ1) is 19.7. The number of hydrogen-bond donors (Lipinski definition) is 3. The number of nitrogens with two attached hydrogens (primary N) is 1. The minimum atomic E-state index is -1.17. The molecule has 0 heterocycles. The number of nitrogens with one attached hydrogen (secondary N) is 2. The van der Waals surface area contributed by atoms with Gasteiger partial charge in [0, 0.05) is 17.6 Å². The van der Waals surface area contributed by atoms with Crippen LogP contribution in [-0.4, -0.2) is 45.9 Å². The van der Waals surface area contributed by atoms with Crippen LogP contribution in [0.5, 0.6) is 0 Å². The maximum atomic E-state index is 14.4. The van der Waals surface area contributed by atoms with Gasteiger partial charge >= 0.3 is 6.09 Å². The lowest BCUT2D eigenvalue weighted by atomic mass is 9.91. The molecule has 2 unspecified atom stereocenters. The summed E-state index contributed by atoms with van der Waals surface area (Å²) in [6.07, 6.45) is -0.514. The summed E-state index contributed by atoms with van der Waals surface area (Å²) < 4.78 is 5.41. The van der Waals surface area contributed by atoms with Crippen molar-refractivity contribution in [2.45, 2.75) is 84.0 Å². The van der Waals surface area contributed by atoms with Gasteiger partial charge in [-0.1, -0.05) is 67.6 Å². The van der Waals surface area contributed by atoms with Crippen LogP contribution >= 0.6 is 0 Å². The van der Waals surface area contributed by atoms with Crippen molar-refractivity contribution >= 4 is 40.3 Å². The molecule has 0 spiro atoms. The third-order valence-electron chi connectivity index (χ3n) is 7.06. The number of ether oxygens (including phenoxy) is 1. The average molecular weight is 575 g/mol. The SMILES string of the molecule is CCC(C)(C)N(C(=O)C(CCC(N)=O)NC(=O)OC(C)(C)C)C(C(=O)Nc1ccc2ccccc2c1)c1ccccc1. The van der Waals surface area contributed by atoms with Gasteiger partial charge in [0.15, 0.2) is 0 Å². The Bertz CT molecular complexity index is 1410. The van der Waals surface area contributed by atoms with Crippen molar-refractivity contribution in [3.8, 4) is 0 Å². The highest BCUT2D eigenvalue weighted by Crippen LogP contribution is 2.33. The molecule has 9 heteroatoms. The molecule has 0 fully saturated rings. The van der Waals surface area contributed by atoms with E-state index in [1.807, 2.05) is 69.3 Å². The number of hydrogen-bond acceptors (Lipinski definition) is 5. The van der Waals surface area contributed by atoms with E-state index in [0.29, 0.717) is 17.7 Å². The van der Waals surface area contributed by atoms with E-state index in [4.69, 9.17) is 10.5 Å². The predicted octanol–water partition coefficient (Wildman–Crippen LogP) is 5.70. The first kappa shape index (κ1) is 32.1. The number of rotatable bonds is 11. The fraction of sp³-hybridized carbons (Fsp3) is 0.394. The standard InChI is InChI=1S/C33H42N4O5/c1-7-33(5,6)37(30(40)26(19-20-27(34)38)36-31(41)42-32(2,3)4)28(23-14-9-8-10-15-23)29(39)35-25-18-17-22-13-11-12-16-24(22)21-25/h8-18,21,26,28H,7,19-20H2,1-6H3,(H2,34,38)(H,35,39)(H,36,41). The second-order valence-corrected chi connectivity index (χ2v) is 11.9. The fourth-order valence-corrected chi connectivity index (χ4v) is 4.64. The van der Waals surface area contributed by atoms with E-state index >= 15 is 0 Å².